The number of hydrogen-bond donors (Lipinski definition) is 3. The fourth-order valence-corrected chi connectivity index (χ4v) is 3.83. The number of nitrogens with one attached hydrogen (secondary N) is 2. The molecule has 1 atom stereocenters. The third-order valence-corrected chi connectivity index (χ3v) is 5.41. The first-order chi connectivity index (χ1) is 12.3. The Kier molecular flexibility index (Phi) is 8.92. The summed E-state index contributed by atoms with van der Waals surface area (Å²) in [7, 11) is -3.65. The molecule has 2 aromatic carbocycles. The second-order valence-electron chi connectivity index (χ2n) is 6.34. The number of carbonyl (C=O) groups is 1. The summed E-state index contributed by atoms with van der Waals surface area (Å²) in [6.45, 7) is 4.33. The zero-order chi connectivity index (χ0) is 19.2. The number of benzene rings is 2. The summed E-state index contributed by atoms with van der Waals surface area (Å²) in [4.78, 5) is 12.9. The van der Waals surface area contributed by atoms with Crippen LogP contribution in [-0.2, 0) is 14.8 Å². The molecule has 0 spiro atoms. The van der Waals surface area contributed by atoms with E-state index in [9.17, 15) is 13.2 Å². The van der Waals surface area contributed by atoms with Gasteiger partial charge in [0.1, 0.15) is 0 Å². The average molecular weight is 412 g/mol. The summed E-state index contributed by atoms with van der Waals surface area (Å²) in [5.41, 5.74) is 6.70. The van der Waals surface area contributed by atoms with Gasteiger partial charge in [-0.3, -0.25) is 4.79 Å². The predicted octanol–water partition coefficient (Wildman–Crippen LogP) is 2.72. The minimum atomic E-state index is -3.65. The molecule has 0 bridgehead atoms. The molecule has 27 heavy (non-hydrogen) atoms. The molecule has 0 aliphatic carbocycles. The summed E-state index contributed by atoms with van der Waals surface area (Å²) in [5, 5.41) is 2.83. The van der Waals surface area contributed by atoms with Crippen molar-refractivity contribution in [3.05, 3.63) is 60.2 Å². The minimum Gasteiger partial charge on any atom is -0.329 e. The van der Waals surface area contributed by atoms with Crippen molar-refractivity contribution in [3.8, 4) is 0 Å². The molecule has 2 aromatic rings. The van der Waals surface area contributed by atoms with E-state index in [4.69, 9.17) is 5.73 Å². The number of hydrogen-bond acceptors (Lipinski definition) is 4. The van der Waals surface area contributed by atoms with Gasteiger partial charge in [0, 0.05) is 18.8 Å². The van der Waals surface area contributed by atoms with Crippen LogP contribution in [0.5, 0.6) is 0 Å². The number of carbonyl (C=O) groups excluding carboxylic acids is 1. The quantitative estimate of drug-likeness (QED) is 0.621. The third kappa shape index (κ3) is 6.32. The highest BCUT2D eigenvalue weighted by Crippen LogP contribution is 2.26. The second kappa shape index (κ2) is 10.4. The van der Waals surface area contributed by atoms with Crippen molar-refractivity contribution in [2.75, 3.05) is 18.4 Å². The van der Waals surface area contributed by atoms with Crippen LogP contribution < -0.4 is 15.8 Å². The van der Waals surface area contributed by atoms with Crippen LogP contribution in [0.2, 0.25) is 0 Å². The van der Waals surface area contributed by atoms with Crippen molar-refractivity contribution < 1.29 is 13.2 Å². The van der Waals surface area contributed by atoms with Gasteiger partial charge in [0.15, 0.2) is 0 Å². The lowest BCUT2D eigenvalue weighted by Crippen LogP contribution is -2.29. The Balaban J connectivity index is 0.00000364. The van der Waals surface area contributed by atoms with Crippen LogP contribution in [0.3, 0.4) is 0 Å². The lowest BCUT2D eigenvalue weighted by atomic mass is 9.87. The van der Waals surface area contributed by atoms with Crippen molar-refractivity contribution in [1.82, 2.24) is 4.72 Å². The fraction of sp³-hybridized carbons (Fsp3) is 0.316. The van der Waals surface area contributed by atoms with Gasteiger partial charge >= 0.3 is 0 Å². The normalized spacial score (nSPS) is 12.3. The highest BCUT2D eigenvalue weighted by molar-refractivity contribution is 7.89. The third-order valence-electron chi connectivity index (χ3n) is 3.96. The predicted molar refractivity (Wildman–Crippen MR) is 111 cm³/mol. The zero-order valence-corrected chi connectivity index (χ0v) is 17.0. The van der Waals surface area contributed by atoms with Crippen LogP contribution in [0.4, 0.5) is 5.69 Å². The molecule has 1 unspecified atom stereocenters. The molecule has 148 valence electrons. The van der Waals surface area contributed by atoms with E-state index in [2.05, 4.69) is 10.0 Å². The molecule has 1 amide bonds. The SMILES string of the molecule is CC(C)C(C(=O)Nc1cccc(S(=O)(=O)NCCN)c1)c1ccccc1.Cl. The maximum Gasteiger partial charge on any atom is 0.240 e. The first-order valence-electron chi connectivity index (χ1n) is 8.50. The summed E-state index contributed by atoms with van der Waals surface area (Å²) < 4.78 is 26.8. The van der Waals surface area contributed by atoms with Gasteiger partial charge in [0.05, 0.1) is 10.8 Å². The maximum atomic E-state index is 12.8. The van der Waals surface area contributed by atoms with E-state index < -0.39 is 10.0 Å². The van der Waals surface area contributed by atoms with E-state index >= 15 is 0 Å². The molecule has 0 aliphatic heterocycles. The molecular formula is C19H26ClN3O3S. The van der Waals surface area contributed by atoms with Gasteiger partial charge < -0.3 is 11.1 Å². The Labute approximate surface area is 167 Å². The van der Waals surface area contributed by atoms with Gasteiger partial charge in [-0.25, -0.2) is 13.1 Å². The molecule has 0 saturated carbocycles. The van der Waals surface area contributed by atoms with Crippen LogP contribution >= 0.6 is 12.4 Å². The Bertz CT molecular complexity index is 842. The Hall–Kier alpha value is -1.93. The summed E-state index contributed by atoms with van der Waals surface area (Å²) in [5.74, 6) is -0.405. The average Bonchev–Trinajstić information content (AvgIpc) is 2.61. The number of sulfonamides is 1. The number of nitrogens with two attached hydrogens (primary N) is 1. The van der Waals surface area contributed by atoms with E-state index in [0.29, 0.717) is 5.69 Å². The largest absolute Gasteiger partial charge is 0.329 e. The molecule has 8 heteroatoms. The molecule has 0 fully saturated rings. The highest BCUT2D eigenvalue weighted by atomic mass is 35.5. The monoisotopic (exact) mass is 411 g/mol. The van der Waals surface area contributed by atoms with E-state index in [-0.39, 0.29) is 48.1 Å². The molecule has 0 radical (unpaired) electrons. The zero-order valence-electron chi connectivity index (χ0n) is 15.4. The van der Waals surface area contributed by atoms with Crippen LogP contribution in [0.15, 0.2) is 59.5 Å². The molecule has 0 saturated heterocycles. The summed E-state index contributed by atoms with van der Waals surface area (Å²) >= 11 is 0. The number of halogens is 1. The van der Waals surface area contributed by atoms with Crippen molar-refractivity contribution in [2.45, 2.75) is 24.7 Å². The lowest BCUT2D eigenvalue weighted by molar-refractivity contribution is -0.118. The van der Waals surface area contributed by atoms with Gasteiger partial charge in [0.25, 0.3) is 0 Å². The van der Waals surface area contributed by atoms with E-state index in [1.165, 1.54) is 12.1 Å². The van der Waals surface area contributed by atoms with Gasteiger partial charge in [-0.15, -0.1) is 12.4 Å². The topological polar surface area (TPSA) is 101 Å². The fourth-order valence-electron chi connectivity index (χ4n) is 2.74. The summed E-state index contributed by atoms with van der Waals surface area (Å²) in [6, 6.07) is 15.7. The molecule has 4 N–H and O–H groups in total. The molecule has 0 aliphatic rings. The Morgan fingerprint density at radius 2 is 1.74 bits per heavy atom. The van der Waals surface area contributed by atoms with Gasteiger partial charge in [-0.1, -0.05) is 50.2 Å². The molecule has 0 aromatic heterocycles. The first kappa shape index (κ1) is 23.1. The van der Waals surface area contributed by atoms with Crippen LogP contribution in [0.1, 0.15) is 25.3 Å². The van der Waals surface area contributed by atoms with E-state index in [1.807, 2.05) is 44.2 Å². The minimum absolute atomic E-state index is 0. The van der Waals surface area contributed by atoms with Crippen molar-refractivity contribution in [3.63, 3.8) is 0 Å². The van der Waals surface area contributed by atoms with Crippen molar-refractivity contribution in [2.24, 2.45) is 11.7 Å². The van der Waals surface area contributed by atoms with E-state index in [1.54, 1.807) is 12.1 Å². The summed E-state index contributed by atoms with van der Waals surface area (Å²) in [6.07, 6.45) is 0. The smallest absolute Gasteiger partial charge is 0.240 e. The van der Waals surface area contributed by atoms with Crippen LogP contribution in [0.25, 0.3) is 0 Å². The van der Waals surface area contributed by atoms with Gasteiger partial charge in [-0.05, 0) is 29.7 Å². The molecule has 0 heterocycles. The van der Waals surface area contributed by atoms with Crippen LogP contribution in [-0.4, -0.2) is 27.4 Å². The van der Waals surface area contributed by atoms with Crippen molar-refractivity contribution in [1.29, 1.82) is 0 Å². The molecule has 6 nitrogen and oxygen atoms in total. The van der Waals surface area contributed by atoms with Crippen LogP contribution in [0, 0.1) is 5.92 Å². The Morgan fingerprint density at radius 3 is 2.33 bits per heavy atom. The van der Waals surface area contributed by atoms with E-state index in [0.717, 1.165) is 5.56 Å². The second-order valence-corrected chi connectivity index (χ2v) is 8.10. The highest BCUT2D eigenvalue weighted by Gasteiger charge is 2.24. The lowest BCUT2D eigenvalue weighted by Gasteiger charge is -2.21. The molecule has 2 rings (SSSR count). The Morgan fingerprint density at radius 1 is 1.07 bits per heavy atom. The number of anilines is 1. The van der Waals surface area contributed by atoms with Crippen molar-refractivity contribution >= 4 is 34.0 Å². The first-order valence-corrected chi connectivity index (χ1v) is 9.99. The van der Waals surface area contributed by atoms with Gasteiger partial charge in [0.2, 0.25) is 15.9 Å². The number of amides is 1. The van der Waals surface area contributed by atoms with Gasteiger partial charge in [-0.2, -0.15) is 0 Å². The standard InChI is InChI=1S/C19H25N3O3S.ClH/c1-14(2)18(15-7-4-3-5-8-15)19(23)22-16-9-6-10-17(13-16)26(24,25)21-12-11-20;/h3-10,13-14,18,21H,11-12,20H2,1-2H3,(H,22,23);1H. The number of rotatable bonds is 8. The maximum absolute atomic E-state index is 12.8. The molecular weight excluding hydrogens is 386 g/mol.